The summed E-state index contributed by atoms with van der Waals surface area (Å²) in [7, 11) is -3.19. The van der Waals surface area contributed by atoms with E-state index in [0.29, 0.717) is 13.0 Å². The van der Waals surface area contributed by atoms with E-state index in [2.05, 4.69) is 11.2 Å². The minimum absolute atomic E-state index is 0.210. The zero-order valence-corrected chi connectivity index (χ0v) is 10.5. The Hall–Kier alpha value is -1.35. The predicted octanol–water partition coefficient (Wildman–Crippen LogP) is 1.23. The molecule has 88 valence electrons. The quantitative estimate of drug-likeness (QED) is 0.794. The molecule has 0 unspecified atom stereocenters. The smallest absolute Gasteiger partial charge is 0.178 e. The summed E-state index contributed by atoms with van der Waals surface area (Å²) < 4.78 is 23.9. The number of sulfone groups is 1. The molecule has 0 aromatic carbocycles. The van der Waals surface area contributed by atoms with Crippen molar-refractivity contribution in [2.24, 2.45) is 5.41 Å². The average molecular weight is 241 g/mol. The summed E-state index contributed by atoms with van der Waals surface area (Å²) in [6.07, 6.45) is 4.60. The second kappa shape index (κ2) is 4.26. The lowest BCUT2D eigenvalue weighted by Crippen LogP contribution is -2.12. The molecule has 0 atom stereocenters. The van der Waals surface area contributed by atoms with Crippen molar-refractivity contribution in [1.82, 2.24) is 9.78 Å². The first-order chi connectivity index (χ1) is 7.24. The van der Waals surface area contributed by atoms with Crippen molar-refractivity contribution in [3.8, 4) is 6.07 Å². The van der Waals surface area contributed by atoms with Gasteiger partial charge in [-0.05, 0) is 20.3 Å². The molecular formula is C10H15N3O2S. The van der Waals surface area contributed by atoms with Crippen LogP contribution in [-0.4, -0.2) is 24.5 Å². The molecule has 16 heavy (non-hydrogen) atoms. The van der Waals surface area contributed by atoms with E-state index in [4.69, 9.17) is 5.26 Å². The van der Waals surface area contributed by atoms with Gasteiger partial charge in [0.25, 0.3) is 0 Å². The van der Waals surface area contributed by atoms with Crippen LogP contribution >= 0.6 is 0 Å². The summed E-state index contributed by atoms with van der Waals surface area (Å²) in [4.78, 5) is 0.210. The number of nitrogens with zero attached hydrogens (tertiary/aromatic N) is 3. The molecule has 0 saturated carbocycles. The molecule has 0 amide bonds. The van der Waals surface area contributed by atoms with Crippen LogP contribution in [0.2, 0.25) is 0 Å². The van der Waals surface area contributed by atoms with Crippen LogP contribution in [0.15, 0.2) is 17.3 Å². The van der Waals surface area contributed by atoms with E-state index in [1.54, 1.807) is 4.68 Å². The molecule has 5 nitrogen and oxygen atoms in total. The normalized spacial score (nSPS) is 12.4. The Morgan fingerprint density at radius 2 is 2.19 bits per heavy atom. The molecule has 0 bridgehead atoms. The maximum Gasteiger partial charge on any atom is 0.178 e. The Morgan fingerprint density at radius 3 is 2.62 bits per heavy atom. The number of aryl methyl sites for hydroxylation is 1. The van der Waals surface area contributed by atoms with E-state index in [1.165, 1.54) is 12.4 Å². The first kappa shape index (κ1) is 12.7. The Balaban J connectivity index is 2.72. The molecule has 6 heteroatoms. The monoisotopic (exact) mass is 241 g/mol. The van der Waals surface area contributed by atoms with Crippen LogP contribution in [0.3, 0.4) is 0 Å². The third-order valence-corrected chi connectivity index (χ3v) is 3.37. The second-order valence-corrected chi connectivity index (χ2v) is 6.47. The predicted molar refractivity (Wildman–Crippen MR) is 59.3 cm³/mol. The largest absolute Gasteiger partial charge is 0.271 e. The third-order valence-electron chi connectivity index (χ3n) is 2.31. The Morgan fingerprint density at radius 1 is 1.56 bits per heavy atom. The molecule has 1 aromatic heterocycles. The van der Waals surface area contributed by atoms with Gasteiger partial charge < -0.3 is 0 Å². The van der Waals surface area contributed by atoms with Crippen molar-refractivity contribution in [3.05, 3.63) is 12.4 Å². The minimum atomic E-state index is -3.19. The van der Waals surface area contributed by atoms with Gasteiger partial charge in [-0.2, -0.15) is 10.4 Å². The number of rotatable bonds is 4. The van der Waals surface area contributed by atoms with E-state index >= 15 is 0 Å². The fraction of sp³-hybridized carbons (Fsp3) is 0.600. The zero-order valence-electron chi connectivity index (χ0n) is 9.64. The highest BCUT2D eigenvalue weighted by Crippen LogP contribution is 2.19. The maximum atomic E-state index is 11.2. The van der Waals surface area contributed by atoms with Crippen molar-refractivity contribution in [3.63, 3.8) is 0 Å². The molecule has 0 N–H and O–H groups in total. The van der Waals surface area contributed by atoms with E-state index in [0.717, 1.165) is 6.26 Å². The van der Waals surface area contributed by atoms with Gasteiger partial charge >= 0.3 is 0 Å². The summed E-state index contributed by atoms with van der Waals surface area (Å²) >= 11 is 0. The van der Waals surface area contributed by atoms with Gasteiger partial charge in [-0.25, -0.2) is 8.42 Å². The molecule has 0 fully saturated rings. The highest BCUT2D eigenvalue weighted by molar-refractivity contribution is 7.90. The molecule has 0 radical (unpaired) electrons. The van der Waals surface area contributed by atoms with Crippen LogP contribution in [-0.2, 0) is 16.4 Å². The van der Waals surface area contributed by atoms with Crippen LogP contribution in [0.1, 0.15) is 20.3 Å². The highest BCUT2D eigenvalue weighted by Gasteiger charge is 2.17. The maximum absolute atomic E-state index is 11.2. The van der Waals surface area contributed by atoms with Crippen LogP contribution in [0.25, 0.3) is 0 Å². The first-order valence-electron chi connectivity index (χ1n) is 4.88. The molecule has 0 spiro atoms. The van der Waals surface area contributed by atoms with Gasteiger partial charge in [0.2, 0.25) is 0 Å². The van der Waals surface area contributed by atoms with E-state index in [1.807, 2.05) is 13.8 Å². The molecule has 0 aliphatic heterocycles. The van der Waals surface area contributed by atoms with Crippen molar-refractivity contribution >= 4 is 9.84 Å². The van der Waals surface area contributed by atoms with Crippen LogP contribution < -0.4 is 0 Å². The van der Waals surface area contributed by atoms with Gasteiger partial charge in [-0.1, -0.05) is 0 Å². The number of hydrogen-bond acceptors (Lipinski definition) is 4. The van der Waals surface area contributed by atoms with Gasteiger partial charge in [0.1, 0.15) is 4.90 Å². The molecule has 0 aliphatic rings. The van der Waals surface area contributed by atoms with Gasteiger partial charge in [-0.3, -0.25) is 4.68 Å². The molecule has 1 aromatic rings. The number of nitriles is 1. The summed E-state index contributed by atoms with van der Waals surface area (Å²) in [6.45, 7) is 4.22. The fourth-order valence-corrected chi connectivity index (χ4v) is 1.66. The molecule has 1 heterocycles. The summed E-state index contributed by atoms with van der Waals surface area (Å²) in [5.41, 5.74) is -0.419. The van der Waals surface area contributed by atoms with Gasteiger partial charge in [0, 0.05) is 19.0 Å². The topological polar surface area (TPSA) is 75.8 Å². The summed E-state index contributed by atoms with van der Waals surface area (Å²) in [6, 6.07) is 2.19. The summed E-state index contributed by atoms with van der Waals surface area (Å²) in [5, 5.41) is 12.8. The highest BCUT2D eigenvalue weighted by atomic mass is 32.2. The van der Waals surface area contributed by atoms with Crippen molar-refractivity contribution in [1.29, 1.82) is 5.26 Å². The lowest BCUT2D eigenvalue weighted by molar-refractivity contribution is 0.398. The van der Waals surface area contributed by atoms with E-state index in [9.17, 15) is 8.42 Å². The van der Waals surface area contributed by atoms with Crippen molar-refractivity contribution < 1.29 is 8.42 Å². The molecule has 0 saturated heterocycles. The van der Waals surface area contributed by atoms with Crippen LogP contribution in [0.5, 0.6) is 0 Å². The Bertz CT molecular complexity index is 508. The zero-order chi connectivity index (χ0) is 12.4. The molecule has 1 rings (SSSR count). The lowest BCUT2D eigenvalue weighted by atomic mass is 9.92. The Kier molecular flexibility index (Phi) is 3.38. The van der Waals surface area contributed by atoms with E-state index < -0.39 is 15.3 Å². The number of aromatic nitrogens is 2. The van der Waals surface area contributed by atoms with Crippen LogP contribution in [0, 0.1) is 16.7 Å². The summed E-state index contributed by atoms with van der Waals surface area (Å²) in [5.74, 6) is 0. The molecular weight excluding hydrogens is 226 g/mol. The average Bonchev–Trinajstić information content (AvgIpc) is 2.63. The molecule has 0 aliphatic carbocycles. The lowest BCUT2D eigenvalue weighted by Gasteiger charge is -2.14. The minimum Gasteiger partial charge on any atom is -0.271 e. The fourth-order valence-electron chi connectivity index (χ4n) is 1.11. The van der Waals surface area contributed by atoms with Gasteiger partial charge in [-0.15, -0.1) is 0 Å². The Labute approximate surface area is 95.6 Å². The standard InChI is InChI=1S/C10H15N3O2S/c1-10(2,8-11)4-5-13-7-9(6-12-13)16(3,14)15/h6-7H,4-5H2,1-3H3. The van der Waals surface area contributed by atoms with Crippen LogP contribution in [0.4, 0.5) is 0 Å². The first-order valence-corrected chi connectivity index (χ1v) is 6.77. The van der Waals surface area contributed by atoms with Gasteiger partial charge in [0.15, 0.2) is 9.84 Å². The van der Waals surface area contributed by atoms with Gasteiger partial charge in [0.05, 0.1) is 17.7 Å². The van der Waals surface area contributed by atoms with Crippen molar-refractivity contribution in [2.75, 3.05) is 6.26 Å². The van der Waals surface area contributed by atoms with Crippen molar-refractivity contribution in [2.45, 2.75) is 31.7 Å². The second-order valence-electron chi connectivity index (χ2n) is 4.46. The number of hydrogen-bond donors (Lipinski definition) is 0. The van der Waals surface area contributed by atoms with E-state index in [-0.39, 0.29) is 4.90 Å². The third kappa shape index (κ3) is 3.35. The SMILES string of the molecule is CC(C)(C#N)CCn1cc(S(C)(=O)=O)cn1.